The number of anilines is 1. The molecule has 1 aliphatic heterocycles. The van der Waals surface area contributed by atoms with Gasteiger partial charge in [0.2, 0.25) is 5.91 Å². The molecule has 0 bridgehead atoms. The molecule has 6 heteroatoms. The summed E-state index contributed by atoms with van der Waals surface area (Å²) in [4.78, 5) is 19.6. The molecule has 4 rings (SSSR count). The van der Waals surface area contributed by atoms with Crippen LogP contribution >= 0.6 is 0 Å². The minimum atomic E-state index is 0.0261. The summed E-state index contributed by atoms with van der Waals surface area (Å²) in [6, 6.07) is 13.9. The Morgan fingerprint density at radius 1 is 1.11 bits per heavy atom. The van der Waals surface area contributed by atoms with Crippen LogP contribution in [0.2, 0.25) is 0 Å². The summed E-state index contributed by atoms with van der Waals surface area (Å²) < 4.78 is 13.1. The average Bonchev–Trinajstić information content (AvgIpc) is 3.28. The first-order valence-corrected chi connectivity index (χ1v) is 9.52. The second-order valence-electron chi connectivity index (χ2n) is 7.37. The first kappa shape index (κ1) is 18.3. The highest BCUT2D eigenvalue weighted by molar-refractivity contribution is 5.98. The van der Waals surface area contributed by atoms with E-state index in [4.69, 9.17) is 14.5 Å². The topological polar surface area (TPSA) is 56.6 Å². The van der Waals surface area contributed by atoms with E-state index in [1.54, 1.807) is 19.1 Å². The Morgan fingerprint density at radius 2 is 1.89 bits per heavy atom. The number of methoxy groups -OCH3 is 2. The van der Waals surface area contributed by atoms with Crippen LogP contribution in [0.5, 0.6) is 11.5 Å². The van der Waals surface area contributed by atoms with E-state index in [0.29, 0.717) is 24.5 Å². The summed E-state index contributed by atoms with van der Waals surface area (Å²) in [7, 11) is 3.23. The number of hydrogen-bond donors (Lipinski definition) is 0. The fourth-order valence-electron chi connectivity index (χ4n) is 4.01. The van der Waals surface area contributed by atoms with E-state index in [2.05, 4.69) is 24.5 Å². The summed E-state index contributed by atoms with van der Waals surface area (Å²) in [5.41, 5.74) is 2.81. The number of para-hydroxylation sites is 2. The summed E-state index contributed by atoms with van der Waals surface area (Å²) in [5, 5.41) is 0. The third kappa shape index (κ3) is 2.99. The standard InChI is InChI=1S/C22H25N3O3/c1-14(2)25-18-8-6-5-7-17(18)23-22(25)15-11-21(26)24(13-15)19-12-16(27-3)9-10-20(19)28-4/h5-10,12,14-15H,11,13H2,1-4H3/t15-/m1/s1. The third-order valence-corrected chi connectivity index (χ3v) is 5.31. The Morgan fingerprint density at radius 3 is 2.61 bits per heavy atom. The number of ether oxygens (including phenoxy) is 2. The van der Waals surface area contributed by atoms with Gasteiger partial charge in [0.25, 0.3) is 0 Å². The van der Waals surface area contributed by atoms with Crippen LogP contribution in [0.15, 0.2) is 42.5 Å². The molecule has 1 saturated heterocycles. The molecular weight excluding hydrogens is 354 g/mol. The first-order valence-electron chi connectivity index (χ1n) is 9.52. The molecule has 2 aromatic carbocycles. The van der Waals surface area contributed by atoms with E-state index in [1.807, 2.05) is 36.4 Å². The van der Waals surface area contributed by atoms with Crippen molar-refractivity contribution < 1.29 is 14.3 Å². The average molecular weight is 379 g/mol. The molecule has 3 aromatic rings. The number of aromatic nitrogens is 2. The van der Waals surface area contributed by atoms with Crippen molar-refractivity contribution in [1.82, 2.24) is 9.55 Å². The van der Waals surface area contributed by atoms with Gasteiger partial charge in [-0.3, -0.25) is 4.79 Å². The van der Waals surface area contributed by atoms with Crippen LogP contribution in [0.25, 0.3) is 11.0 Å². The molecule has 0 aliphatic carbocycles. The van der Waals surface area contributed by atoms with Crippen LogP contribution in [0, 0.1) is 0 Å². The van der Waals surface area contributed by atoms with Crippen LogP contribution in [0.1, 0.15) is 38.1 Å². The number of amides is 1. The van der Waals surface area contributed by atoms with E-state index >= 15 is 0 Å². The number of nitrogens with zero attached hydrogens (tertiary/aromatic N) is 3. The van der Waals surface area contributed by atoms with Crippen molar-refractivity contribution in [2.45, 2.75) is 32.2 Å². The minimum absolute atomic E-state index is 0.0261. The maximum Gasteiger partial charge on any atom is 0.227 e. The molecule has 1 amide bonds. The zero-order chi connectivity index (χ0) is 19.8. The fraction of sp³-hybridized carbons (Fsp3) is 0.364. The van der Waals surface area contributed by atoms with Crippen LogP contribution in [-0.4, -0.2) is 36.2 Å². The van der Waals surface area contributed by atoms with Crippen molar-refractivity contribution in [2.24, 2.45) is 0 Å². The summed E-state index contributed by atoms with van der Waals surface area (Å²) in [6.07, 6.45) is 0.427. The number of fused-ring (bicyclic) bond motifs is 1. The van der Waals surface area contributed by atoms with Gasteiger partial charge in [0.05, 0.1) is 30.9 Å². The molecule has 0 spiro atoms. The molecular formula is C22H25N3O3. The third-order valence-electron chi connectivity index (χ3n) is 5.31. The molecule has 1 aromatic heterocycles. The van der Waals surface area contributed by atoms with E-state index in [1.165, 1.54) is 0 Å². The zero-order valence-corrected chi connectivity index (χ0v) is 16.7. The Balaban J connectivity index is 1.74. The van der Waals surface area contributed by atoms with Crippen LogP contribution in [-0.2, 0) is 4.79 Å². The van der Waals surface area contributed by atoms with Crippen molar-refractivity contribution in [3.8, 4) is 11.5 Å². The van der Waals surface area contributed by atoms with Gasteiger partial charge in [0, 0.05) is 31.0 Å². The first-order chi connectivity index (χ1) is 13.5. The highest BCUT2D eigenvalue weighted by Gasteiger charge is 2.36. The molecule has 0 saturated carbocycles. The maximum atomic E-state index is 12.9. The molecule has 0 N–H and O–H groups in total. The van der Waals surface area contributed by atoms with E-state index in [-0.39, 0.29) is 17.9 Å². The lowest BCUT2D eigenvalue weighted by atomic mass is 10.1. The highest BCUT2D eigenvalue weighted by atomic mass is 16.5. The highest BCUT2D eigenvalue weighted by Crippen LogP contribution is 2.39. The molecule has 0 unspecified atom stereocenters. The van der Waals surface area contributed by atoms with Crippen molar-refractivity contribution >= 4 is 22.6 Å². The number of benzene rings is 2. The Kier molecular flexibility index (Phi) is 4.71. The van der Waals surface area contributed by atoms with Crippen molar-refractivity contribution in [2.75, 3.05) is 25.7 Å². The van der Waals surface area contributed by atoms with Crippen LogP contribution < -0.4 is 14.4 Å². The van der Waals surface area contributed by atoms with Crippen molar-refractivity contribution in [3.05, 3.63) is 48.3 Å². The molecule has 2 heterocycles. The number of rotatable bonds is 5. The van der Waals surface area contributed by atoms with Crippen molar-refractivity contribution in [3.63, 3.8) is 0 Å². The number of hydrogen-bond acceptors (Lipinski definition) is 4. The number of carbonyl (C=O) groups is 1. The van der Waals surface area contributed by atoms with Gasteiger partial charge >= 0.3 is 0 Å². The molecule has 28 heavy (non-hydrogen) atoms. The summed E-state index contributed by atoms with van der Waals surface area (Å²) >= 11 is 0. The molecule has 6 nitrogen and oxygen atoms in total. The molecule has 0 radical (unpaired) electrons. The van der Waals surface area contributed by atoms with Crippen LogP contribution in [0.3, 0.4) is 0 Å². The predicted molar refractivity (Wildman–Crippen MR) is 109 cm³/mol. The zero-order valence-electron chi connectivity index (χ0n) is 16.7. The van der Waals surface area contributed by atoms with E-state index in [0.717, 1.165) is 22.5 Å². The van der Waals surface area contributed by atoms with Gasteiger partial charge in [-0.25, -0.2) is 4.98 Å². The van der Waals surface area contributed by atoms with Gasteiger partial charge in [-0.15, -0.1) is 0 Å². The quantitative estimate of drug-likeness (QED) is 0.668. The lowest BCUT2D eigenvalue weighted by molar-refractivity contribution is -0.117. The fourth-order valence-corrected chi connectivity index (χ4v) is 4.01. The van der Waals surface area contributed by atoms with Crippen LogP contribution in [0.4, 0.5) is 5.69 Å². The SMILES string of the molecule is COc1ccc(OC)c(N2C[C@H](c3nc4ccccc4n3C(C)C)CC2=O)c1. The molecule has 146 valence electrons. The normalized spacial score (nSPS) is 17.0. The molecule has 1 fully saturated rings. The van der Waals surface area contributed by atoms with Gasteiger partial charge in [0.15, 0.2) is 0 Å². The van der Waals surface area contributed by atoms with E-state index in [9.17, 15) is 4.79 Å². The Bertz CT molecular complexity index is 1030. The smallest absolute Gasteiger partial charge is 0.227 e. The second kappa shape index (κ2) is 7.19. The lowest BCUT2D eigenvalue weighted by Crippen LogP contribution is -2.25. The lowest BCUT2D eigenvalue weighted by Gasteiger charge is -2.21. The van der Waals surface area contributed by atoms with Gasteiger partial charge in [-0.1, -0.05) is 12.1 Å². The van der Waals surface area contributed by atoms with Crippen molar-refractivity contribution in [1.29, 1.82) is 0 Å². The minimum Gasteiger partial charge on any atom is -0.497 e. The van der Waals surface area contributed by atoms with Gasteiger partial charge in [-0.2, -0.15) is 0 Å². The Labute approximate surface area is 164 Å². The maximum absolute atomic E-state index is 12.9. The second-order valence-corrected chi connectivity index (χ2v) is 7.37. The largest absolute Gasteiger partial charge is 0.497 e. The molecule has 1 atom stereocenters. The van der Waals surface area contributed by atoms with Gasteiger partial charge < -0.3 is 18.9 Å². The monoisotopic (exact) mass is 379 g/mol. The number of imidazole rings is 1. The summed E-state index contributed by atoms with van der Waals surface area (Å²) in [5.74, 6) is 2.42. The number of carbonyl (C=O) groups excluding carboxylic acids is 1. The predicted octanol–water partition coefficient (Wildman–Crippen LogP) is 4.15. The summed E-state index contributed by atoms with van der Waals surface area (Å²) in [6.45, 7) is 4.87. The Hall–Kier alpha value is -3.02. The van der Waals surface area contributed by atoms with Gasteiger partial charge in [-0.05, 0) is 38.1 Å². The molecule has 1 aliphatic rings. The van der Waals surface area contributed by atoms with E-state index < -0.39 is 0 Å². The van der Waals surface area contributed by atoms with Gasteiger partial charge in [0.1, 0.15) is 17.3 Å².